The van der Waals surface area contributed by atoms with Crippen molar-refractivity contribution < 1.29 is 0 Å². The molecule has 0 saturated carbocycles. The Kier molecular flexibility index (Phi) is 2.33. The van der Waals surface area contributed by atoms with Crippen LogP contribution in [0, 0.1) is 0 Å². The topological polar surface area (TPSA) is 53.6 Å². The number of H-pyrrole nitrogens is 1. The van der Waals surface area contributed by atoms with E-state index in [1.54, 1.807) is 6.20 Å². The minimum absolute atomic E-state index is 0.322. The zero-order valence-corrected chi connectivity index (χ0v) is 8.98. The standard InChI is InChI=1S/C12H14N4/c1-3-9-4-2-6-13-12(9)11(5-1)16-10-7-14-15-8-10/h2,4,6-8,11,16H,1,3,5H2,(H,14,15). The Morgan fingerprint density at radius 3 is 3.31 bits per heavy atom. The second kappa shape index (κ2) is 3.96. The first-order valence-corrected chi connectivity index (χ1v) is 5.62. The van der Waals surface area contributed by atoms with Crippen LogP contribution in [0.1, 0.15) is 30.1 Å². The van der Waals surface area contributed by atoms with E-state index in [9.17, 15) is 0 Å². The Bertz CT molecular complexity index is 464. The van der Waals surface area contributed by atoms with E-state index in [0.29, 0.717) is 6.04 Å². The molecule has 1 aliphatic carbocycles. The van der Waals surface area contributed by atoms with E-state index in [4.69, 9.17) is 0 Å². The lowest BCUT2D eigenvalue weighted by molar-refractivity contribution is 0.583. The zero-order chi connectivity index (χ0) is 10.8. The van der Waals surface area contributed by atoms with Gasteiger partial charge in [-0.3, -0.25) is 10.1 Å². The molecular weight excluding hydrogens is 200 g/mol. The molecule has 82 valence electrons. The van der Waals surface area contributed by atoms with Gasteiger partial charge in [-0.1, -0.05) is 6.07 Å². The van der Waals surface area contributed by atoms with Gasteiger partial charge in [0.1, 0.15) is 0 Å². The second-order valence-corrected chi connectivity index (χ2v) is 4.12. The van der Waals surface area contributed by atoms with Crippen molar-refractivity contribution in [1.82, 2.24) is 15.2 Å². The van der Waals surface area contributed by atoms with Crippen LogP contribution < -0.4 is 5.32 Å². The summed E-state index contributed by atoms with van der Waals surface area (Å²) in [6, 6.07) is 4.51. The molecule has 0 amide bonds. The number of nitrogens with one attached hydrogen (secondary N) is 2. The van der Waals surface area contributed by atoms with E-state index in [-0.39, 0.29) is 0 Å². The number of pyridine rings is 1. The SMILES string of the molecule is c1cnc2c(c1)CCCC2Nc1cn[nH]c1. The molecule has 0 bridgehead atoms. The molecule has 0 spiro atoms. The summed E-state index contributed by atoms with van der Waals surface area (Å²) in [5, 5.41) is 10.2. The van der Waals surface area contributed by atoms with E-state index in [1.807, 2.05) is 18.5 Å². The quantitative estimate of drug-likeness (QED) is 0.806. The molecule has 16 heavy (non-hydrogen) atoms. The van der Waals surface area contributed by atoms with Gasteiger partial charge in [-0.2, -0.15) is 5.10 Å². The van der Waals surface area contributed by atoms with Crippen LogP contribution >= 0.6 is 0 Å². The van der Waals surface area contributed by atoms with Crippen molar-refractivity contribution in [2.24, 2.45) is 0 Å². The molecule has 1 aliphatic rings. The van der Waals surface area contributed by atoms with Crippen molar-refractivity contribution in [3.05, 3.63) is 42.0 Å². The average molecular weight is 214 g/mol. The van der Waals surface area contributed by atoms with E-state index in [0.717, 1.165) is 18.5 Å². The van der Waals surface area contributed by atoms with Crippen molar-refractivity contribution in [2.75, 3.05) is 5.32 Å². The van der Waals surface area contributed by atoms with Gasteiger partial charge in [0.15, 0.2) is 0 Å². The van der Waals surface area contributed by atoms with E-state index < -0.39 is 0 Å². The van der Waals surface area contributed by atoms with Crippen LogP contribution in [0.5, 0.6) is 0 Å². The second-order valence-electron chi connectivity index (χ2n) is 4.12. The van der Waals surface area contributed by atoms with Crippen LogP contribution in [0.25, 0.3) is 0 Å². The van der Waals surface area contributed by atoms with E-state index >= 15 is 0 Å². The molecule has 1 unspecified atom stereocenters. The molecule has 1 atom stereocenters. The minimum Gasteiger partial charge on any atom is -0.374 e. The van der Waals surface area contributed by atoms with E-state index in [1.165, 1.54) is 17.7 Å². The fourth-order valence-corrected chi connectivity index (χ4v) is 2.28. The van der Waals surface area contributed by atoms with Gasteiger partial charge in [-0.25, -0.2) is 0 Å². The van der Waals surface area contributed by atoms with Gasteiger partial charge in [0.2, 0.25) is 0 Å². The molecular formula is C12H14N4. The lowest BCUT2D eigenvalue weighted by atomic mass is 9.92. The smallest absolute Gasteiger partial charge is 0.0729 e. The summed E-state index contributed by atoms with van der Waals surface area (Å²) in [5.41, 5.74) is 3.59. The van der Waals surface area contributed by atoms with E-state index in [2.05, 4.69) is 26.6 Å². The van der Waals surface area contributed by atoms with Crippen molar-refractivity contribution >= 4 is 5.69 Å². The normalized spacial score (nSPS) is 19.1. The monoisotopic (exact) mass is 214 g/mol. The predicted octanol–water partition coefficient (Wildman–Crippen LogP) is 2.29. The summed E-state index contributed by atoms with van der Waals surface area (Å²) in [7, 11) is 0. The molecule has 0 saturated heterocycles. The molecule has 0 aromatic carbocycles. The summed E-state index contributed by atoms with van der Waals surface area (Å²) < 4.78 is 0. The first-order chi connectivity index (χ1) is 7.93. The maximum Gasteiger partial charge on any atom is 0.0729 e. The lowest BCUT2D eigenvalue weighted by Gasteiger charge is -2.25. The van der Waals surface area contributed by atoms with Crippen molar-refractivity contribution in [3.8, 4) is 0 Å². The highest BCUT2D eigenvalue weighted by molar-refractivity contribution is 5.42. The van der Waals surface area contributed by atoms with Crippen LogP contribution in [-0.4, -0.2) is 15.2 Å². The Morgan fingerprint density at radius 2 is 2.44 bits per heavy atom. The Morgan fingerprint density at radius 1 is 1.44 bits per heavy atom. The third-order valence-corrected chi connectivity index (χ3v) is 3.03. The molecule has 2 heterocycles. The van der Waals surface area contributed by atoms with Gasteiger partial charge < -0.3 is 5.32 Å². The average Bonchev–Trinajstić information content (AvgIpc) is 2.82. The van der Waals surface area contributed by atoms with Gasteiger partial charge in [0.25, 0.3) is 0 Å². The third-order valence-electron chi connectivity index (χ3n) is 3.03. The Hall–Kier alpha value is -1.84. The summed E-state index contributed by atoms with van der Waals surface area (Å²) in [6.45, 7) is 0. The first-order valence-electron chi connectivity index (χ1n) is 5.62. The van der Waals surface area contributed by atoms with Gasteiger partial charge in [-0.05, 0) is 30.9 Å². The largest absolute Gasteiger partial charge is 0.374 e. The van der Waals surface area contributed by atoms with Gasteiger partial charge in [-0.15, -0.1) is 0 Å². The molecule has 2 aromatic rings. The Balaban J connectivity index is 1.87. The number of aromatic nitrogens is 3. The van der Waals surface area contributed by atoms with Crippen molar-refractivity contribution in [2.45, 2.75) is 25.3 Å². The van der Waals surface area contributed by atoms with Crippen molar-refractivity contribution in [3.63, 3.8) is 0 Å². The molecule has 0 fully saturated rings. The lowest BCUT2D eigenvalue weighted by Crippen LogP contribution is -2.18. The number of nitrogens with zero attached hydrogens (tertiary/aromatic N) is 2. The highest BCUT2D eigenvalue weighted by atomic mass is 15.1. The fourth-order valence-electron chi connectivity index (χ4n) is 2.28. The number of aryl methyl sites for hydroxylation is 1. The van der Waals surface area contributed by atoms with Gasteiger partial charge in [0.05, 0.1) is 23.6 Å². The molecule has 0 radical (unpaired) electrons. The minimum atomic E-state index is 0.322. The predicted molar refractivity (Wildman–Crippen MR) is 62.1 cm³/mol. The molecule has 4 nitrogen and oxygen atoms in total. The van der Waals surface area contributed by atoms with Crippen LogP contribution in [0.4, 0.5) is 5.69 Å². The van der Waals surface area contributed by atoms with Gasteiger partial charge >= 0.3 is 0 Å². The number of aromatic amines is 1. The van der Waals surface area contributed by atoms with Gasteiger partial charge in [0, 0.05) is 12.4 Å². The fraction of sp³-hybridized carbons (Fsp3) is 0.333. The Labute approximate surface area is 94.1 Å². The molecule has 3 rings (SSSR count). The highest BCUT2D eigenvalue weighted by Gasteiger charge is 2.20. The first kappa shape index (κ1) is 9.39. The third kappa shape index (κ3) is 1.66. The number of hydrogen-bond acceptors (Lipinski definition) is 3. The maximum absolute atomic E-state index is 4.49. The maximum atomic E-state index is 4.49. The van der Waals surface area contributed by atoms with Crippen LogP contribution in [0.3, 0.4) is 0 Å². The van der Waals surface area contributed by atoms with Crippen LogP contribution in [-0.2, 0) is 6.42 Å². The number of anilines is 1. The zero-order valence-electron chi connectivity index (χ0n) is 8.98. The summed E-state index contributed by atoms with van der Waals surface area (Å²) >= 11 is 0. The molecule has 2 aromatic heterocycles. The summed E-state index contributed by atoms with van der Waals surface area (Å²) in [5.74, 6) is 0. The van der Waals surface area contributed by atoms with Crippen LogP contribution in [0.2, 0.25) is 0 Å². The summed E-state index contributed by atoms with van der Waals surface area (Å²) in [4.78, 5) is 4.49. The molecule has 0 aliphatic heterocycles. The number of fused-ring (bicyclic) bond motifs is 1. The summed E-state index contributed by atoms with van der Waals surface area (Å²) in [6.07, 6.45) is 9.04. The number of hydrogen-bond donors (Lipinski definition) is 2. The molecule has 2 N–H and O–H groups in total. The number of rotatable bonds is 2. The molecule has 4 heteroatoms. The van der Waals surface area contributed by atoms with Crippen LogP contribution in [0.15, 0.2) is 30.7 Å². The van der Waals surface area contributed by atoms with Crippen molar-refractivity contribution in [1.29, 1.82) is 0 Å². The highest BCUT2D eigenvalue weighted by Crippen LogP contribution is 2.30.